The number of aryl methyl sites for hydroxylation is 2. The van der Waals surface area contributed by atoms with E-state index in [4.69, 9.17) is 0 Å². The maximum atomic E-state index is 11.9. The van der Waals surface area contributed by atoms with Crippen LogP contribution in [-0.4, -0.2) is 34.2 Å². The Hall–Kier alpha value is -2.70. The number of carbonyl (C=O) groups is 2. The van der Waals surface area contributed by atoms with Crippen molar-refractivity contribution in [3.63, 3.8) is 0 Å². The number of aliphatic hydroxyl groups is 2. The van der Waals surface area contributed by atoms with Crippen molar-refractivity contribution in [3.05, 3.63) is 59.7 Å². The van der Waals surface area contributed by atoms with Gasteiger partial charge in [-0.1, -0.05) is 35.4 Å². The summed E-state index contributed by atoms with van der Waals surface area (Å²) in [6.45, 7) is 3.80. The first kappa shape index (κ1) is 17.7. The van der Waals surface area contributed by atoms with Gasteiger partial charge in [0.05, 0.1) is 0 Å². The maximum absolute atomic E-state index is 11.9. The first-order valence-electron chi connectivity index (χ1n) is 7.48. The maximum Gasteiger partial charge on any atom is 0.256 e. The molecule has 4 N–H and O–H groups in total. The van der Waals surface area contributed by atoms with Gasteiger partial charge in [-0.2, -0.15) is 0 Å². The molecule has 0 saturated heterocycles. The summed E-state index contributed by atoms with van der Waals surface area (Å²) in [6.07, 6.45) is -3.76. The molecular formula is C18H20N2O4. The van der Waals surface area contributed by atoms with Gasteiger partial charge in [0.25, 0.3) is 11.8 Å². The lowest BCUT2D eigenvalue weighted by molar-refractivity contribution is -0.139. The lowest BCUT2D eigenvalue weighted by Gasteiger charge is -2.17. The van der Waals surface area contributed by atoms with E-state index < -0.39 is 24.0 Å². The Morgan fingerprint density at radius 3 is 1.29 bits per heavy atom. The van der Waals surface area contributed by atoms with Crippen LogP contribution in [0.25, 0.3) is 0 Å². The molecule has 2 amide bonds. The average molecular weight is 328 g/mol. The molecule has 0 radical (unpaired) electrons. The van der Waals surface area contributed by atoms with Gasteiger partial charge in [-0.25, -0.2) is 0 Å². The van der Waals surface area contributed by atoms with E-state index in [0.29, 0.717) is 11.4 Å². The third kappa shape index (κ3) is 4.65. The van der Waals surface area contributed by atoms with E-state index in [1.807, 2.05) is 13.8 Å². The second-order valence-corrected chi connectivity index (χ2v) is 5.60. The van der Waals surface area contributed by atoms with Gasteiger partial charge in [0, 0.05) is 11.4 Å². The van der Waals surface area contributed by atoms with Crippen LogP contribution >= 0.6 is 0 Å². The van der Waals surface area contributed by atoms with E-state index in [1.165, 1.54) is 0 Å². The number of benzene rings is 2. The Balaban J connectivity index is 1.95. The van der Waals surface area contributed by atoms with Crippen molar-refractivity contribution in [2.75, 3.05) is 10.6 Å². The molecule has 2 rings (SSSR count). The Bertz CT molecular complexity index is 647. The summed E-state index contributed by atoms with van der Waals surface area (Å²) in [6, 6.07) is 13.8. The minimum atomic E-state index is -1.88. The minimum absolute atomic E-state index is 0.468. The fourth-order valence-electron chi connectivity index (χ4n) is 1.99. The quantitative estimate of drug-likeness (QED) is 0.670. The molecule has 0 bridgehead atoms. The van der Waals surface area contributed by atoms with Crippen LogP contribution in [0.5, 0.6) is 0 Å². The molecule has 0 saturated carbocycles. The van der Waals surface area contributed by atoms with Crippen LogP contribution in [0.1, 0.15) is 11.1 Å². The summed E-state index contributed by atoms with van der Waals surface area (Å²) in [5, 5.41) is 24.6. The standard InChI is InChI=1S/C18H20N2O4/c1-11-3-7-13(8-4-11)19-17(23)15(21)16(22)18(24)20-14-9-5-12(2)6-10-14/h3-10,15-16,21-22H,1-2H3,(H,19,23)(H,20,24)/t15-,16-/m0/s1. The summed E-state index contributed by atoms with van der Waals surface area (Å²) in [4.78, 5) is 23.9. The van der Waals surface area contributed by atoms with Gasteiger partial charge in [-0.05, 0) is 38.1 Å². The summed E-state index contributed by atoms with van der Waals surface area (Å²) in [5.74, 6) is -1.71. The Morgan fingerprint density at radius 1 is 0.708 bits per heavy atom. The van der Waals surface area contributed by atoms with Crippen LogP contribution in [0.3, 0.4) is 0 Å². The van der Waals surface area contributed by atoms with E-state index in [-0.39, 0.29) is 0 Å². The van der Waals surface area contributed by atoms with Gasteiger partial charge >= 0.3 is 0 Å². The van der Waals surface area contributed by atoms with Crippen molar-refractivity contribution in [2.45, 2.75) is 26.1 Å². The number of hydrogen-bond acceptors (Lipinski definition) is 4. The smallest absolute Gasteiger partial charge is 0.256 e. The molecule has 6 nitrogen and oxygen atoms in total. The van der Waals surface area contributed by atoms with Crippen LogP contribution < -0.4 is 10.6 Å². The highest BCUT2D eigenvalue weighted by molar-refractivity contribution is 6.02. The number of anilines is 2. The Labute approximate surface area is 140 Å². The molecule has 0 aliphatic carbocycles. The predicted octanol–water partition coefficient (Wildman–Crippen LogP) is 1.60. The average Bonchev–Trinajstić information content (AvgIpc) is 2.57. The second-order valence-electron chi connectivity index (χ2n) is 5.60. The molecule has 24 heavy (non-hydrogen) atoms. The minimum Gasteiger partial charge on any atom is -0.380 e. The molecule has 6 heteroatoms. The van der Waals surface area contributed by atoms with Crippen molar-refractivity contribution >= 4 is 23.2 Å². The molecule has 0 aliphatic rings. The van der Waals surface area contributed by atoms with Gasteiger partial charge in [0.1, 0.15) is 0 Å². The molecule has 0 spiro atoms. The number of amides is 2. The van der Waals surface area contributed by atoms with Gasteiger partial charge in [0.15, 0.2) is 12.2 Å². The fourth-order valence-corrected chi connectivity index (χ4v) is 1.99. The lowest BCUT2D eigenvalue weighted by atomic mass is 10.1. The first-order chi connectivity index (χ1) is 11.4. The molecule has 2 aromatic carbocycles. The van der Waals surface area contributed by atoms with Crippen molar-refractivity contribution in [1.82, 2.24) is 0 Å². The van der Waals surface area contributed by atoms with Gasteiger partial charge in [-0.15, -0.1) is 0 Å². The Kier molecular flexibility index (Phi) is 5.68. The number of hydrogen-bond donors (Lipinski definition) is 4. The van der Waals surface area contributed by atoms with Crippen LogP contribution in [0.15, 0.2) is 48.5 Å². The zero-order valence-electron chi connectivity index (χ0n) is 13.5. The monoisotopic (exact) mass is 328 g/mol. The number of rotatable bonds is 5. The third-order valence-electron chi connectivity index (χ3n) is 3.47. The molecular weight excluding hydrogens is 308 g/mol. The molecule has 0 fully saturated rings. The van der Waals surface area contributed by atoms with Crippen LogP contribution in [0.2, 0.25) is 0 Å². The van der Waals surface area contributed by atoms with E-state index in [2.05, 4.69) is 10.6 Å². The van der Waals surface area contributed by atoms with E-state index in [1.54, 1.807) is 48.5 Å². The molecule has 0 aromatic heterocycles. The molecule has 2 atom stereocenters. The molecule has 126 valence electrons. The normalized spacial score (nSPS) is 13.0. The molecule has 0 heterocycles. The summed E-state index contributed by atoms with van der Waals surface area (Å²) >= 11 is 0. The van der Waals surface area contributed by atoms with Crippen LogP contribution in [-0.2, 0) is 9.59 Å². The van der Waals surface area contributed by atoms with E-state index >= 15 is 0 Å². The molecule has 0 aliphatic heterocycles. The van der Waals surface area contributed by atoms with Crippen LogP contribution in [0, 0.1) is 13.8 Å². The highest BCUT2D eigenvalue weighted by Gasteiger charge is 2.30. The topological polar surface area (TPSA) is 98.7 Å². The zero-order valence-corrected chi connectivity index (χ0v) is 13.5. The Morgan fingerprint density at radius 2 is 1.00 bits per heavy atom. The summed E-state index contributed by atoms with van der Waals surface area (Å²) in [7, 11) is 0. The van der Waals surface area contributed by atoms with Crippen molar-refractivity contribution < 1.29 is 19.8 Å². The molecule has 0 unspecified atom stereocenters. The van der Waals surface area contributed by atoms with E-state index in [0.717, 1.165) is 11.1 Å². The number of nitrogens with one attached hydrogen (secondary N) is 2. The van der Waals surface area contributed by atoms with Crippen molar-refractivity contribution in [3.8, 4) is 0 Å². The SMILES string of the molecule is Cc1ccc(NC(=O)[C@@H](O)[C@H](O)C(=O)Nc2ccc(C)cc2)cc1. The lowest BCUT2D eigenvalue weighted by Crippen LogP contribution is -2.45. The number of carbonyl (C=O) groups excluding carboxylic acids is 2. The van der Waals surface area contributed by atoms with Gasteiger partial charge < -0.3 is 20.8 Å². The summed E-state index contributed by atoms with van der Waals surface area (Å²) < 4.78 is 0. The van der Waals surface area contributed by atoms with Crippen molar-refractivity contribution in [1.29, 1.82) is 0 Å². The summed E-state index contributed by atoms with van der Waals surface area (Å²) in [5.41, 5.74) is 2.98. The predicted molar refractivity (Wildman–Crippen MR) is 91.6 cm³/mol. The third-order valence-corrected chi connectivity index (χ3v) is 3.47. The van der Waals surface area contributed by atoms with E-state index in [9.17, 15) is 19.8 Å². The fraction of sp³-hybridized carbons (Fsp3) is 0.222. The zero-order chi connectivity index (χ0) is 17.7. The van der Waals surface area contributed by atoms with Gasteiger partial charge in [0.2, 0.25) is 0 Å². The molecule has 2 aromatic rings. The highest BCUT2D eigenvalue weighted by Crippen LogP contribution is 2.12. The first-order valence-corrected chi connectivity index (χ1v) is 7.48. The largest absolute Gasteiger partial charge is 0.380 e. The number of aliphatic hydroxyl groups excluding tert-OH is 2. The van der Waals surface area contributed by atoms with Crippen molar-refractivity contribution in [2.24, 2.45) is 0 Å². The van der Waals surface area contributed by atoms with Crippen LogP contribution in [0.4, 0.5) is 11.4 Å². The van der Waals surface area contributed by atoms with Gasteiger partial charge in [-0.3, -0.25) is 9.59 Å². The second kappa shape index (κ2) is 7.72. The highest BCUT2D eigenvalue weighted by atomic mass is 16.3.